The molecule has 21 heavy (non-hydrogen) atoms. The van der Waals surface area contributed by atoms with Crippen LogP contribution in [-0.2, 0) is 11.3 Å². The van der Waals surface area contributed by atoms with E-state index in [1.807, 2.05) is 18.4 Å². The van der Waals surface area contributed by atoms with Crippen LogP contribution in [0.15, 0.2) is 5.16 Å². The van der Waals surface area contributed by atoms with Crippen LogP contribution in [0.2, 0.25) is 0 Å². The van der Waals surface area contributed by atoms with Gasteiger partial charge >= 0.3 is 0 Å². The van der Waals surface area contributed by atoms with Crippen molar-refractivity contribution < 1.29 is 4.79 Å². The standard InChI is InChI=1S/C12H18N6OS2/c1-5-18-10(7(2)3)15-17-12(18)20-6-9(19)13-11-16-14-8(4)21-11/h7H,5-6H2,1-4H3,(H,13,16,19). The number of nitrogens with zero attached hydrogens (tertiary/aromatic N) is 5. The Balaban J connectivity index is 1.95. The molecule has 2 heterocycles. The molecule has 0 bridgehead atoms. The van der Waals surface area contributed by atoms with Crippen LogP contribution >= 0.6 is 23.1 Å². The van der Waals surface area contributed by atoms with E-state index in [2.05, 4.69) is 39.6 Å². The number of anilines is 1. The van der Waals surface area contributed by atoms with Gasteiger partial charge in [0.05, 0.1) is 5.75 Å². The summed E-state index contributed by atoms with van der Waals surface area (Å²) in [6, 6.07) is 0. The lowest BCUT2D eigenvalue weighted by atomic mass is 10.2. The molecule has 0 fully saturated rings. The topological polar surface area (TPSA) is 85.6 Å². The van der Waals surface area contributed by atoms with E-state index in [1.54, 1.807) is 0 Å². The van der Waals surface area contributed by atoms with Crippen molar-refractivity contribution >= 4 is 34.1 Å². The normalized spacial score (nSPS) is 11.1. The zero-order chi connectivity index (χ0) is 15.4. The molecule has 0 aliphatic rings. The minimum absolute atomic E-state index is 0.118. The summed E-state index contributed by atoms with van der Waals surface area (Å²) in [6.45, 7) is 8.84. The molecular formula is C12H18N6OS2. The molecule has 0 aliphatic carbocycles. The van der Waals surface area contributed by atoms with Gasteiger partial charge in [0.15, 0.2) is 5.16 Å². The molecule has 0 unspecified atom stereocenters. The highest BCUT2D eigenvalue weighted by molar-refractivity contribution is 7.99. The molecule has 0 saturated carbocycles. The largest absolute Gasteiger partial charge is 0.306 e. The Kier molecular flexibility index (Phi) is 5.29. The van der Waals surface area contributed by atoms with Gasteiger partial charge in [-0.1, -0.05) is 36.9 Å². The molecule has 0 aromatic carbocycles. The van der Waals surface area contributed by atoms with E-state index >= 15 is 0 Å². The van der Waals surface area contributed by atoms with E-state index in [0.717, 1.165) is 22.5 Å². The maximum atomic E-state index is 11.9. The number of carbonyl (C=O) groups is 1. The lowest BCUT2D eigenvalue weighted by molar-refractivity contribution is -0.113. The molecule has 0 spiro atoms. The van der Waals surface area contributed by atoms with Crippen LogP contribution in [0.25, 0.3) is 0 Å². The van der Waals surface area contributed by atoms with Crippen molar-refractivity contribution in [3.63, 3.8) is 0 Å². The molecule has 0 saturated heterocycles. The van der Waals surface area contributed by atoms with Crippen molar-refractivity contribution in [1.29, 1.82) is 0 Å². The highest BCUT2D eigenvalue weighted by Crippen LogP contribution is 2.21. The number of thioether (sulfide) groups is 1. The van der Waals surface area contributed by atoms with Crippen molar-refractivity contribution in [3.8, 4) is 0 Å². The monoisotopic (exact) mass is 326 g/mol. The summed E-state index contributed by atoms with van der Waals surface area (Å²) in [5.74, 6) is 1.41. The van der Waals surface area contributed by atoms with Gasteiger partial charge in [0.1, 0.15) is 10.8 Å². The third-order valence-corrected chi connectivity index (χ3v) is 4.40. The van der Waals surface area contributed by atoms with Gasteiger partial charge in [-0.25, -0.2) is 0 Å². The molecule has 9 heteroatoms. The second kappa shape index (κ2) is 6.99. The molecule has 2 rings (SSSR count). The Morgan fingerprint density at radius 2 is 2.10 bits per heavy atom. The maximum absolute atomic E-state index is 11.9. The molecule has 0 atom stereocenters. The first-order valence-corrected chi connectivity index (χ1v) is 8.47. The number of carbonyl (C=O) groups excluding carboxylic acids is 1. The second-order valence-corrected chi connectivity index (χ2v) is 6.83. The van der Waals surface area contributed by atoms with Gasteiger partial charge in [-0.05, 0) is 13.8 Å². The molecule has 2 aromatic rings. The lowest BCUT2D eigenvalue weighted by Crippen LogP contribution is -2.14. The number of hydrogen-bond acceptors (Lipinski definition) is 7. The Labute approximate surface area is 131 Å². The van der Waals surface area contributed by atoms with Crippen LogP contribution < -0.4 is 5.32 Å². The molecule has 0 aliphatic heterocycles. The van der Waals surface area contributed by atoms with Crippen LogP contribution in [0.4, 0.5) is 5.13 Å². The first kappa shape index (κ1) is 15.9. The predicted octanol–water partition coefficient (Wildman–Crippen LogP) is 2.31. The fourth-order valence-electron chi connectivity index (χ4n) is 1.76. The smallest absolute Gasteiger partial charge is 0.236 e. The number of aromatic nitrogens is 5. The summed E-state index contributed by atoms with van der Waals surface area (Å²) in [4.78, 5) is 11.9. The molecule has 2 aromatic heterocycles. The SMILES string of the molecule is CCn1c(SCC(=O)Nc2nnc(C)s2)nnc1C(C)C. The minimum atomic E-state index is -0.118. The van der Waals surface area contributed by atoms with Crippen LogP contribution in [0, 0.1) is 6.92 Å². The van der Waals surface area contributed by atoms with Crippen molar-refractivity contribution in [2.75, 3.05) is 11.1 Å². The Morgan fingerprint density at radius 3 is 2.67 bits per heavy atom. The number of aryl methyl sites for hydroxylation is 1. The van der Waals surface area contributed by atoms with Crippen LogP contribution in [0.5, 0.6) is 0 Å². The van der Waals surface area contributed by atoms with E-state index in [4.69, 9.17) is 0 Å². The zero-order valence-electron chi connectivity index (χ0n) is 12.5. The average molecular weight is 326 g/mol. The van der Waals surface area contributed by atoms with E-state index in [1.165, 1.54) is 23.1 Å². The van der Waals surface area contributed by atoms with E-state index < -0.39 is 0 Å². The summed E-state index contributed by atoms with van der Waals surface area (Å²) in [6.07, 6.45) is 0. The van der Waals surface area contributed by atoms with E-state index in [0.29, 0.717) is 11.0 Å². The lowest BCUT2D eigenvalue weighted by Gasteiger charge is -2.08. The third kappa shape index (κ3) is 4.01. The van der Waals surface area contributed by atoms with E-state index in [-0.39, 0.29) is 11.7 Å². The van der Waals surface area contributed by atoms with Gasteiger partial charge in [-0.2, -0.15) is 0 Å². The van der Waals surface area contributed by atoms with Crippen LogP contribution in [0.3, 0.4) is 0 Å². The number of hydrogen-bond donors (Lipinski definition) is 1. The zero-order valence-corrected chi connectivity index (χ0v) is 14.1. The molecule has 1 N–H and O–H groups in total. The summed E-state index contributed by atoms with van der Waals surface area (Å²) < 4.78 is 2.04. The van der Waals surface area contributed by atoms with Gasteiger partial charge < -0.3 is 4.57 Å². The Morgan fingerprint density at radius 1 is 1.33 bits per heavy atom. The van der Waals surface area contributed by atoms with Gasteiger partial charge in [0, 0.05) is 12.5 Å². The van der Waals surface area contributed by atoms with Crippen LogP contribution in [0.1, 0.15) is 37.5 Å². The van der Waals surface area contributed by atoms with Gasteiger partial charge in [0.2, 0.25) is 11.0 Å². The molecular weight excluding hydrogens is 308 g/mol. The summed E-state index contributed by atoms with van der Waals surface area (Å²) in [5, 5.41) is 20.9. The summed E-state index contributed by atoms with van der Waals surface area (Å²) >= 11 is 2.73. The maximum Gasteiger partial charge on any atom is 0.236 e. The highest BCUT2D eigenvalue weighted by Gasteiger charge is 2.15. The first-order valence-electron chi connectivity index (χ1n) is 6.67. The van der Waals surface area contributed by atoms with Crippen molar-refractivity contribution in [1.82, 2.24) is 25.0 Å². The first-order chi connectivity index (χ1) is 10.0. The van der Waals surface area contributed by atoms with Crippen LogP contribution in [-0.4, -0.2) is 36.6 Å². The molecule has 7 nitrogen and oxygen atoms in total. The minimum Gasteiger partial charge on any atom is -0.306 e. The highest BCUT2D eigenvalue weighted by atomic mass is 32.2. The number of rotatable bonds is 6. The Hall–Kier alpha value is -1.48. The second-order valence-electron chi connectivity index (χ2n) is 4.70. The van der Waals surface area contributed by atoms with Gasteiger partial charge in [0.25, 0.3) is 0 Å². The average Bonchev–Trinajstić information content (AvgIpc) is 3.02. The summed E-state index contributed by atoms with van der Waals surface area (Å²) in [5.41, 5.74) is 0. The number of amides is 1. The fraction of sp³-hybridized carbons (Fsp3) is 0.583. The van der Waals surface area contributed by atoms with Gasteiger partial charge in [-0.15, -0.1) is 20.4 Å². The fourth-order valence-corrected chi connectivity index (χ4v) is 3.18. The predicted molar refractivity (Wildman–Crippen MR) is 83.8 cm³/mol. The van der Waals surface area contributed by atoms with Gasteiger partial charge in [-0.3, -0.25) is 10.1 Å². The molecule has 1 amide bonds. The van der Waals surface area contributed by atoms with E-state index in [9.17, 15) is 4.79 Å². The third-order valence-electron chi connectivity index (χ3n) is 2.68. The van der Waals surface area contributed by atoms with Crippen molar-refractivity contribution in [2.24, 2.45) is 0 Å². The summed E-state index contributed by atoms with van der Waals surface area (Å²) in [7, 11) is 0. The number of nitrogens with one attached hydrogen (secondary N) is 1. The molecule has 0 radical (unpaired) electrons. The quantitative estimate of drug-likeness (QED) is 0.820. The van der Waals surface area contributed by atoms with Crippen molar-refractivity contribution in [2.45, 2.75) is 45.3 Å². The van der Waals surface area contributed by atoms with Crippen molar-refractivity contribution in [3.05, 3.63) is 10.8 Å². The Bertz CT molecular complexity index is 621. The molecule has 114 valence electrons.